The van der Waals surface area contributed by atoms with Crippen LogP contribution in [0.4, 0.5) is 11.4 Å². The van der Waals surface area contributed by atoms with Crippen LogP contribution in [-0.4, -0.2) is 31.7 Å². The monoisotopic (exact) mass is 332 g/mol. The molecule has 1 amide bonds. The lowest BCUT2D eigenvalue weighted by atomic mass is 10.2. The van der Waals surface area contributed by atoms with E-state index < -0.39 is 10.8 Å². The number of nitrogens with one attached hydrogen (secondary N) is 1. The van der Waals surface area contributed by atoms with E-state index >= 15 is 0 Å². The van der Waals surface area contributed by atoms with E-state index in [1.54, 1.807) is 24.3 Å². The molecule has 0 saturated carbocycles. The van der Waals surface area contributed by atoms with E-state index in [-0.39, 0.29) is 18.0 Å². The maximum absolute atomic E-state index is 11.9. The zero-order valence-electron chi connectivity index (χ0n) is 13.1. The SMILES string of the molecule is COc1cccc(OCC(=O)Nc2ccc(OC)cc2[N+](=O)[O-])c1. The molecule has 0 aliphatic carbocycles. The van der Waals surface area contributed by atoms with Gasteiger partial charge in [0.2, 0.25) is 0 Å². The fraction of sp³-hybridized carbons (Fsp3) is 0.188. The molecule has 0 radical (unpaired) electrons. The zero-order valence-corrected chi connectivity index (χ0v) is 13.1. The third kappa shape index (κ3) is 4.35. The Balaban J connectivity index is 2.03. The zero-order chi connectivity index (χ0) is 17.5. The number of nitro benzene ring substituents is 1. The molecule has 0 aliphatic heterocycles. The molecule has 0 aliphatic rings. The molecule has 0 saturated heterocycles. The van der Waals surface area contributed by atoms with Gasteiger partial charge in [-0.3, -0.25) is 14.9 Å². The number of anilines is 1. The number of hydrogen-bond donors (Lipinski definition) is 1. The van der Waals surface area contributed by atoms with Crippen LogP contribution in [0.1, 0.15) is 0 Å². The Morgan fingerprint density at radius 3 is 2.42 bits per heavy atom. The van der Waals surface area contributed by atoms with Crippen LogP contribution in [-0.2, 0) is 4.79 Å². The standard InChI is InChI=1S/C16H16N2O6/c1-22-11-4-3-5-13(8-11)24-10-16(19)17-14-7-6-12(23-2)9-15(14)18(20)21/h3-9H,10H2,1-2H3,(H,17,19). The summed E-state index contributed by atoms with van der Waals surface area (Å²) in [4.78, 5) is 22.4. The van der Waals surface area contributed by atoms with Gasteiger partial charge in [0.15, 0.2) is 6.61 Å². The van der Waals surface area contributed by atoms with Crippen molar-refractivity contribution in [1.29, 1.82) is 0 Å². The first-order chi connectivity index (χ1) is 11.5. The van der Waals surface area contributed by atoms with E-state index in [1.165, 1.54) is 32.4 Å². The number of carbonyl (C=O) groups excluding carboxylic acids is 1. The Hall–Kier alpha value is -3.29. The van der Waals surface area contributed by atoms with Crippen molar-refractivity contribution in [3.63, 3.8) is 0 Å². The lowest BCUT2D eigenvalue weighted by molar-refractivity contribution is -0.384. The molecule has 0 spiro atoms. The third-order valence-electron chi connectivity index (χ3n) is 3.09. The van der Waals surface area contributed by atoms with Crippen molar-refractivity contribution < 1.29 is 23.9 Å². The summed E-state index contributed by atoms with van der Waals surface area (Å²) < 4.78 is 15.3. The molecule has 2 aromatic rings. The Morgan fingerprint density at radius 1 is 1.08 bits per heavy atom. The second-order valence-electron chi connectivity index (χ2n) is 4.66. The van der Waals surface area contributed by atoms with Gasteiger partial charge < -0.3 is 19.5 Å². The Bertz CT molecular complexity index is 747. The largest absolute Gasteiger partial charge is 0.497 e. The fourth-order valence-electron chi connectivity index (χ4n) is 1.92. The molecular formula is C16H16N2O6. The summed E-state index contributed by atoms with van der Waals surface area (Å²) >= 11 is 0. The molecule has 24 heavy (non-hydrogen) atoms. The Labute approximate surface area is 138 Å². The predicted octanol–water partition coefficient (Wildman–Crippen LogP) is 2.63. The van der Waals surface area contributed by atoms with Crippen LogP contribution in [0, 0.1) is 10.1 Å². The number of ether oxygens (including phenoxy) is 3. The van der Waals surface area contributed by atoms with Crippen LogP contribution in [0.3, 0.4) is 0 Å². The van der Waals surface area contributed by atoms with Gasteiger partial charge in [0, 0.05) is 6.07 Å². The number of hydrogen-bond acceptors (Lipinski definition) is 6. The highest BCUT2D eigenvalue weighted by Crippen LogP contribution is 2.29. The van der Waals surface area contributed by atoms with E-state index in [2.05, 4.69) is 5.32 Å². The Kier molecular flexibility index (Phi) is 5.56. The summed E-state index contributed by atoms with van der Waals surface area (Å²) in [7, 11) is 2.92. The highest BCUT2D eigenvalue weighted by atomic mass is 16.6. The summed E-state index contributed by atoms with van der Waals surface area (Å²) in [6.07, 6.45) is 0. The quantitative estimate of drug-likeness (QED) is 0.618. The van der Waals surface area contributed by atoms with E-state index in [9.17, 15) is 14.9 Å². The number of methoxy groups -OCH3 is 2. The maximum atomic E-state index is 11.9. The van der Waals surface area contributed by atoms with E-state index in [0.717, 1.165) is 0 Å². The highest BCUT2D eigenvalue weighted by molar-refractivity contribution is 5.94. The van der Waals surface area contributed by atoms with Gasteiger partial charge in [0.05, 0.1) is 25.2 Å². The normalized spacial score (nSPS) is 9.92. The number of rotatable bonds is 7. The average Bonchev–Trinajstić information content (AvgIpc) is 2.60. The van der Waals surface area contributed by atoms with Crippen molar-refractivity contribution in [3.8, 4) is 17.2 Å². The molecule has 8 heteroatoms. The molecule has 0 aromatic heterocycles. The summed E-state index contributed by atoms with van der Waals surface area (Å²) in [6.45, 7) is -0.295. The first-order valence-electron chi connectivity index (χ1n) is 6.92. The summed E-state index contributed by atoms with van der Waals surface area (Å²) in [5, 5.41) is 13.5. The molecule has 126 valence electrons. The van der Waals surface area contributed by atoms with E-state index in [4.69, 9.17) is 14.2 Å². The molecule has 8 nitrogen and oxygen atoms in total. The van der Waals surface area contributed by atoms with Gasteiger partial charge in [-0.1, -0.05) is 6.07 Å². The number of nitro groups is 1. The van der Waals surface area contributed by atoms with Crippen molar-refractivity contribution in [1.82, 2.24) is 0 Å². The van der Waals surface area contributed by atoms with Crippen molar-refractivity contribution >= 4 is 17.3 Å². The highest BCUT2D eigenvalue weighted by Gasteiger charge is 2.17. The van der Waals surface area contributed by atoms with Gasteiger partial charge >= 0.3 is 0 Å². The lowest BCUT2D eigenvalue weighted by Gasteiger charge is -2.09. The van der Waals surface area contributed by atoms with Gasteiger partial charge in [-0.2, -0.15) is 0 Å². The van der Waals surface area contributed by atoms with Crippen molar-refractivity contribution in [2.75, 3.05) is 26.1 Å². The van der Waals surface area contributed by atoms with Crippen LogP contribution in [0.2, 0.25) is 0 Å². The molecule has 2 aromatic carbocycles. The molecule has 1 N–H and O–H groups in total. The maximum Gasteiger partial charge on any atom is 0.296 e. The molecule has 0 fully saturated rings. The number of amides is 1. The number of nitrogens with zero attached hydrogens (tertiary/aromatic N) is 1. The fourth-order valence-corrected chi connectivity index (χ4v) is 1.92. The minimum atomic E-state index is -0.596. The first-order valence-corrected chi connectivity index (χ1v) is 6.92. The number of benzene rings is 2. The van der Waals surface area contributed by atoms with Gasteiger partial charge in [-0.25, -0.2) is 0 Å². The predicted molar refractivity (Wildman–Crippen MR) is 86.8 cm³/mol. The van der Waals surface area contributed by atoms with E-state index in [1.807, 2.05) is 0 Å². The summed E-state index contributed by atoms with van der Waals surface area (Å²) in [6, 6.07) is 10.9. The van der Waals surface area contributed by atoms with Gasteiger partial charge in [0.1, 0.15) is 22.9 Å². The average molecular weight is 332 g/mol. The Morgan fingerprint density at radius 2 is 1.75 bits per heavy atom. The lowest BCUT2D eigenvalue weighted by Crippen LogP contribution is -2.20. The molecular weight excluding hydrogens is 316 g/mol. The second-order valence-corrected chi connectivity index (χ2v) is 4.66. The van der Waals surface area contributed by atoms with Crippen LogP contribution < -0.4 is 19.5 Å². The third-order valence-corrected chi connectivity index (χ3v) is 3.09. The van der Waals surface area contributed by atoms with Crippen molar-refractivity contribution in [3.05, 3.63) is 52.6 Å². The topological polar surface area (TPSA) is 99.9 Å². The molecule has 0 unspecified atom stereocenters. The van der Waals surface area contributed by atoms with Gasteiger partial charge in [-0.15, -0.1) is 0 Å². The van der Waals surface area contributed by atoms with Crippen LogP contribution in [0.15, 0.2) is 42.5 Å². The van der Waals surface area contributed by atoms with E-state index in [0.29, 0.717) is 17.2 Å². The minimum Gasteiger partial charge on any atom is -0.497 e. The van der Waals surface area contributed by atoms with Gasteiger partial charge in [0.25, 0.3) is 11.6 Å². The minimum absolute atomic E-state index is 0.0695. The summed E-state index contributed by atoms with van der Waals surface area (Å²) in [5.74, 6) is 0.853. The smallest absolute Gasteiger partial charge is 0.296 e. The molecule has 0 bridgehead atoms. The molecule has 0 atom stereocenters. The molecule has 0 heterocycles. The van der Waals surface area contributed by atoms with Crippen molar-refractivity contribution in [2.24, 2.45) is 0 Å². The number of carbonyl (C=O) groups is 1. The van der Waals surface area contributed by atoms with Crippen molar-refractivity contribution in [2.45, 2.75) is 0 Å². The van der Waals surface area contributed by atoms with Gasteiger partial charge in [-0.05, 0) is 24.3 Å². The molecule has 2 rings (SSSR count). The second kappa shape index (κ2) is 7.82. The van der Waals surface area contributed by atoms with Crippen LogP contribution in [0.25, 0.3) is 0 Å². The van der Waals surface area contributed by atoms with Crippen LogP contribution in [0.5, 0.6) is 17.2 Å². The summed E-state index contributed by atoms with van der Waals surface area (Å²) in [5.41, 5.74) is -0.191. The first kappa shape index (κ1) is 17.1. The van der Waals surface area contributed by atoms with Crippen LogP contribution >= 0.6 is 0 Å².